The predicted octanol–water partition coefficient (Wildman–Crippen LogP) is 3.70. The van der Waals surface area contributed by atoms with E-state index in [1.165, 1.54) is 0 Å². The maximum atomic E-state index is 5.61. The molecule has 1 aromatic carbocycles. The van der Waals surface area contributed by atoms with Gasteiger partial charge in [-0.15, -0.1) is 13.2 Å². The monoisotopic (exact) mass is 166 g/mol. The van der Waals surface area contributed by atoms with E-state index in [0.717, 1.165) is 5.56 Å². The van der Waals surface area contributed by atoms with Crippen molar-refractivity contribution in [2.75, 3.05) is 0 Å². The summed E-state index contributed by atoms with van der Waals surface area (Å²) in [5, 5.41) is 0.593. The first-order valence-electron chi connectivity index (χ1n) is 3.20. The van der Waals surface area contributed by atoms with E-state index in [-0.39, 0.29) is 0 Å². The highest BCUT2D eigenvalue weighted by atomic mass is 35.5. The van der Waals surface area contributed by atoms with Crippen molar-refractivity contribution < 1.29 is 0 Å². The minimum Gasteiger partial charge on any atom is -0.106 e. The van der Waals surface area contributed by atoms with Crippen LogP contribution < -0.4 is 0 Å². The van der Waals surface area contributed by atoms with E-state index in [0.29, 0.717) is 5.03 Å². The van der Waals surface area contributed by atoms with Gasteiger partial charge in [0.1, 0.15) is 0 Å². The zero-order valence-electron chi connectivity index (χ0n) is 6.39. The lowest BCUT2D eigenvalue weighted by molar-refractivity contribution is 1.66. The number of hydrogen-bond acceptors (Lipinski definition) is 0. The molecular weight excluding hydrogens is 156 g/mol. The van der Waals surface area contributed by atoms with Crippen LogP contribution in [-0.2, 0) is 0 Å². The highest BCUT2D eigenvalue weighted by Gasteiger charge is 1.88. The normalized spacial score (nSPS) is 7.73. The standard InChI is InChI=1S/C8H7Cl.C2H4/c1-7(9)8-5-3-2-4-6-8;1-2/h2-6H,1H2;1-2H2. The van der Waals surface area contributed by atoms with E-state index in [4.69, 9.17) is 11.6 Å². The van der Waals surface area contributed by atoms with Crippen molar-refractivity contribution in [2.24, 2.45) is 0 Å². The van der Waals surface area contributed by atoms with Crippen molar-refractivity contribution in [1.29, 1.82) is 0 Å². The molecule has 0 saturated heterocycles. The molecule has 0 aliphatic carbocycles. The van der Waals surface area contributed by atoms with Crippen molar-refractivity contribution in [1.82, 2.24) is 0 Å². The Morgan fingerprint density at radius 1 is 1.09 bits per heavy atom. The summed E-state index contributed by atoms with van der Waals surface area (Å²) in [6.07, 6.45) is 0. The van der Waals surface area contributed by atoms with Crippen LogP contribution in [0.2, 0.25) is 0 Å². The van der Waals surface area contributed by atoms with Crippen LogP contribution in [0.1, 0.15) is 5.56 Å². The van der Waals surface area contributed by atoms with Crippen molar-refractivity contribution in [3.05, 3.63) is 55.6 Å². The average Bonchev–Trinajstić information content (AvgIpc) is 2.10. The van der Waals surface area contributed by atoms with Gasteiger partial charge < -0.3 is 0 Å². The molecule has 0 N–H and O–H groups in total. The first-order valence-corrected chi connectivity index (χ1v) is 3.58. The Labute approximate surface area is 72.8 Å². The Hall–Kier alpha value is -1.01. The Balaban J connectivity index is 0.000000461. The Morgan fingerprint density at radius 2 is 1.55 bits per heavy atom. The van der Waals surface area contributed by atoms with Crippen LogP contribution in [0.15, 0.2) is 50.1 Å². The number of hydrogen-bond donors (Lipinski definition) is 0. The molecule has 0 nitrogen and oxygen atoms in total. The van der Waals surface area contributed by atoms with E-state index in [1.54, 1.807) is 0 Å². The van der Waals surface area contributed by atoms with Crippen molar-refractivity contribution in [3.63, 3.8) is 0 Å². The average molecular weight is 167 g/mol. The minimum atomic E-state index is 0.593. The van der Waals surface area contributed by atoms with Gasteiger partial charge in [-0.3, -0.25) is 0 Å². The van der Waals surface area contributed by atoms with E-state index in [9.17, 15) is 0 Å². The maximum absolute atomic E-state index is 5.61. The lowest BCUT2D eigenvalue weighted by Gasteiger charge is -1.92. The Bertz CT molecular complexity index is 214. The molecule has 0 heterocycles. The minimum absolute atomic E-state index is 0.593. The predicted molar refractivity (Wildman–Crippen MR) is 52.6 cm³/mol. The summed E-state index contributed by atoms with van der Waals surface area (Å²) < 4.78 is 0. The first-order chi connectivity index (χ1) is 5.30. The lowest BCUT2D eigenvalue weighted by atomic mass is 10.2. The fourth-order valence-electron chi connectivity index (χ4n) is 0.619. The topological polar surface area (TPSA) is 0 Å². The Kier molecular flexibility index (Phi) is 5.22. The lowest BCUT2D eigenvalue weighted by Crippen LogP contribution is -1.70. The fourth-order valence-corrected chi connectivity index (χ4v) is 0.745. The largest absolute Gasteiger partial charge is 0.106 e. The van der Waals surface area contributed by atoms with Gasteiger partial charge in [-0.2, -0.15) is 0 Å². The summed E-state index contributed by atoms with van der Waals surface area (Å²) in [7, 11) is 0. The second kappa shape index (κ2) is 5.75. The summed E-state index contributed by atoms with van der Waals surface area (Å²) >= 11 is 5.61. The van der Waals surface area contributed by atoms with Crippen LogP contribution in [0.4, 0.5) is 0 Å². The number of halogens is 1. The SMILES string of the molecule is C=C.C=C(Cl)c1ccccc1. The molecule has 0 unspecified atom stereocenters. The molecule has 0 atom stereocenters. The van der Waals surface area contributed by atoms with Crippen molar-refractivity contribution in [3.8, 4) is 0 Å². The van der Waals surface area contributed by atoms with Gasteiger partial charge in [-0.05, 0) is 5.56 Å². The third-order valence-corrected chi connectivity index (χ3v) is 1.31. The Morgan fingerprint density at radius 3 is 1.82 bits per heavy atom. The quantitative estimate of drug-likeness (QED) is 0.559. The maximum Gasteiger partial charge on any atom is 0.0406 e. The van der Waals surface area contributed by atoms with E-state index in [2.05, 4.69) is 19.7 Å². The number of rotatable bonds is 1. The zero-order valence-corrected chi connectivity index (χ0v) is 7.14. The highest BCUT2D eigenvalue weighted by Crippen LogP contribution is 2.14. The second-order valence-corrected chi connectivity index (χ2v) is 2.23. The molecule has 58 valence electrons. The van der Waals surface area contributed by atoms with Gasteiger partial charge >= 0.3 is 0 Å². The molecule has 0 bridgehead atoms. The molecule has 0 aliphatic rings. The summed E-state index contributed by atoms with van der Waals surface area (Å²) in [6.45, 7) is 9.59. The summed E-state index contributed by atoms with van der Waals surface area (Å²) in [4.78, 5) is 0. The molecule has 11 heavy (non-hydrogen) atoms. The molecule has 1 aromatic rings. The van der Waals surface area contributed by atoms with Gasteiger partial charge in [0.2, 0.25) is 0 Å². The van der Waals surface area contributed by atoms with E-state index in [1.807, 2.05) is 30.3 Å². The zero-order chi connectivity index (χ0) is 8.69. The molecule has 0 spiro atoms. The van der Waals surface area contributed by atoms with Crippen molar-refractivity contribution in [2.45, 2.75) is 0 Å². The highest BCUT2D eigenvalue weighted by molar-refractivity contribution is 6.48. The van der Waals surface area contributed by atoms with Gasteiger partial charge in [0, 0.05) is 5.03 Å². The molecule has 0 amide bonds. The van der Waals surface area contributed by atoms with Gasteiger partial charge in [0.15, 0.2) is 0 Å². The van der Waals surface area contributed by atoms with Crippen LogP contribution in [0, 0.1) is 0 Å². The van der Waals surface area contributed by atoms with Gasteiger partial charge in [0.25, 0.3) is 0 Å². The summed E-state index contributed by atoms with van der Waals surface area (Å²) in [5.74, 6) is 0. The third-order valence-electron chi connectivity index (χ3n) is 1.09. The van der Waals surface area contributed by atoms with Crippen LogP contribution >= 0.6 is 11.6 Å². The molecule has 0 radical (unpaired) electrons. The summed E-state index contributed by atoms with van der Waals surface area (Å²) in [6, 6.07) is 9.67. The molecule has 0 aliphatic heterocycles. The second-order valence-electron chi connectivity index (χ2n) is 1.77. The molecule has 1 heteroatoms. The molecule has 0 fully saturated rings. The molecule has 1 rings (SSSR count). The third kappa shape index (κ3) is 3.64. The van der Waals surface area contributed by atoms with Crippen LogP contribution in [0.25, 0.3) is 5.03 Å². The molecule has 0 saturated carbocycles. The fraction of sp³-hybridized carbons (Fsp3) is 0. The van der Waals surface area contributed by atoms with Crippen LogP contribution in [0.3, 0.4) is 0 Å². The molecule has 0 aromatic heterocycles. The van der Waals surface area contributed by atoms with Gasteiger partial charge in [-0.1, -0.05) is 48.5 Å². The van der Waals surface area contributed by atoms with E-state index < -0.39 is 0 Å². The smallest absolute Gasteiger partial charge is 0.0406 e. The van der Waals surface area contributed by atoms with Gasteiger partial charge in [-0.25, -0.2) is 0 Å². The van der Waals surface area contributed by atoms with Crippen LogP contribution in [0.5, 0.6) is 0 Å². The number of benzene rings is 1. The van der Waals surface area contributed by atoms with Crippen LogP contribution in [-0.4, -0.2) is 0 Å². The van der Waals surface area contributed by atoms with Crippen molar-refractivity contribution >= 4 is 16.6 Å². The molecular formula is C10H11Cl. The first kappa shape index (κ1) is 9.99. The van der Waals surface area contributed by atoms with Gasteiger partial charge in [0.05, 0.1) is 0 Å². The van der Waals surface area contributed by atoms with E-state index >= 15 is 0 Å². The summed E-state index contributed by atoms with van der Waals surface area (Å²) in [5.41, 5.74) is 0.985.